The summed E-state index contributed by atoms with van der Waals surface area (Å²) in [4.78, 5) is 42.3. The van der Waals surface area contributed by atoms with Gasteiger partial charge < -0.3 is 40.7 Å². The number of hydrogen-bond acceptors (Lipinski definition) is 8. The number of amides is 4. The molecule has 1 aliphatic rings. The topological polar surface area (TPSA) is 170 Å². The van der Waals surface area contributed by atoms with E-state index in [4.69, 9.17) is 9.47 Å². The molecule has 4 amide bonds. The van der Waals surface area contributed by atoms with Gasteiger partial charge >= 0.3 is 12.1 Å². The lowest BCUT2D eigenvalue weighted by molar-refractivity contribution is -0.224. The van der Waals surface area contributed by atoms with E-state index in [0.717, 1.165) is 44.1 Å². The number of aliphatic hydroxyl groups is 3. The molecule has 59 heavy (non-hydrogen) atoms. The van der Waals surface area contributed by atoms with E-state index < -0.39 is 61.3 Å². The highest BCUT2D eigenvalue weighted by Gasteiger charge is 2.48. The molecule has 6 N–H and O–H groups in total. The van der Waals surface area contributed by atoms with Crippen LogP contribution in [0.5, 0.6) is 0 Å². The Labute approximate surface area is 357 Å². The van der Waals surface area contributed by atoms with Crippen LogP contribution < -0.4 is 16.0 Å². The first-order valence-corrected chi connectivity index (χ1v) is 23.6. The molecule has 0 aromatic heterocycles. The lowest BCUT2D eigenvalue weighted by Crippen LogP contribution is -2.70. The maximum atomic E-state index is 14.0. The minimum Gasteiger partial charge on any atom is -0.445 e. The van der Waals surface area contributed by atoms with Gasteiger partial charge in [-0.2, -0.15) is 0 Å². The number of rotatable bonds is 33. The van der Waals surface area contributed by atoms with Crippen molar-refractivity contribution in [2.75, 3.05) is 19.7 Å². The number of ether oxygens (including phenoxy) is 2. The summed E-state index contributed by atoms with van der Waals surface area (Å²) in [7, 11) is 0. The quantitative estimate of drug-likeness (QED) is 0.0382. The number of carbonyl (C=O) groups excluding carboxylic acids is 3. The highest BCUT2D eigenvalue weighted by Crippen LogP contribution is 2.26. The van der Waals surface area contributed by atoms with E-state index in [9.17, 15) is 29.7 Å². The van der Waals surface area contributed by atoms with Gasteiger partial charge in [0.2, 0.25) is 5.91 Å². The smallest absolute Gasteiger partial charge is 0.408 e. The molecular formula is C47H84N4O8. The van der Waals surface area contributed by atoms with E-state index in [1.165, 1.54) is 101 Å². The zero-order chi connectivity index (χ0) is 43.1. The van der Waals surface area contributed by atoms with Crippen LogP contribution in [0.3, 0.4) is 0 Å². The maximum Gasteiger partial charge on any atom is 0.408 e. The third kappa shape index (κ3) is 22.5. The average molecular weight is 833 g/mol. The van der Waals surface area contributed by atoms with Gasteiger partial charge in [-0.05, 0) is 30.7 Å². The number of hydrogen-bond donors (Lipinski definition) is 6. The van der Waals surface area contributed by atoms with Gasteiger partial charge in [0.15, 0.2) is 6.23 Å². The highest BCUT2D eigenvalue weighted by molar-refractivity contribution is 5.86. The molecular weight excluding hydrogens is 749 g/mol. The number of alkyl carbamates (subject to hydrolysis) is 1. The number of urea groups is 1. The predicted molar refractivity (Wildman–Crippen MR) is 236 cm³/mol. The zero-order valence-corrected chi connectivity index (χ0v) is 37.4. The predicted octanol–water partition coefficient (Wildman–Crippen LogP) is 8.88. The van der Waals surface area contributed by atoms with Gasteiger partial charge in [-0.3, -0.25) is 9.69 Å². The van der Waals surface area contributed by atoms with Crippen LogP contribution in [0.1, 0.15) is 181 Å². The van der Waals surface area contributed by atoms with Crippen LogP contribution in [0.2, 0.25) is 0 Å². The summed E-state index contributed by atoms with van der Waals surface area (Å²) in [6.07, 6.45) is 19.7. The van der Waals surface area contributed by atoms with E-state index in [-0.39, 0.29) is 25.5 Å². The third-order valence-electron chi connectivity index (χ3n) is 11.4. The van der Waals surface area contributed by atoms with E-state index in [1.807, 2.05) is 44.2 Å². The molecule has 0 spiro atoms. The summed E-state index contributed by atoms with van der Waals surface area (Å²) >= 11 is 0. The molecule has 1 heterocycles. The van der Waals surface area contributed by atoms with Crippen molar-refractivity contribution in [3.05, 3.63) is 35.9 Å². The van der Waals surface area contributed by atoms with Crippen molar-refractivity contribution in [2.45, 2.75) is 219 Å². The van der Waals surface area contributed by atoms with Gasteiger partial charge in [0.1, 0.15) is 37.0 Å². The van der Waals surface area contributed by atoms with Crippen LogP contribution in [-0.2, 0) is 20.9 Å². The van der Waals surface area contributed by atoms with Gasteiger partial charge in [0.05, 0.1) is 6.61 Å². The van der Waals surface area contributed by atoms with Crippen LogP contribution in [0.4, 0.5) is 9.59 Å². The van der Waals surface area contributed by atoms with Gasteiger partial charge in [0, 0.05) is 13.1 Å². The Morgan fingerprint density at radius 1 is 0.729 bits per heavy atom. The highest BCUT2D eigenvalue weighted by atomic mass is 16.6. The molecule has 12 heteroatoms. The summed E-state index contributed by atoms with van der Waals surface area (Å²) in [5.74, 6) is -0.606. The zero-order valence-electron chi connectivity index (χ0n) is 37.4. The second-order valence-electron chi connectivity index (χ2n) is 17.1. The third-order valence-corrected chi connectivity index (χ3v) is 11.4. The van der Waals surface area contributed by atoms with Crippen molar-refractivity contribution in [1.29, 1.82) is 0 Å². The van der Waals surface area contributed by atoms with Crippen molar-refractivity contribution in [2.24, 2.45) is 5.92 Å². The van der Waals surface area contributed by atoms with Crippen molar-refractivity contribution in [3.63, 3.8) is 0 Å². The minimum atomic E-state index is -1.57. The lowest BCUT2D eigenvalue weighted by atomic mass is 9.94. The monoisotopic (exact) mass is 833 g/mol. The first kappa shape index (κ1) is 52.2. The van der Waals surface area contributed by atoms with Crippen molar-refractivity contribution < 1.29 is 39.2 Å². The first-order valence-electron chi connectivity index (χ1n) is 23.6. The molecule has 12 nitrogen and oxygen atoms in total. The first-order chi connectivity index (χ1) is 28.6. The Bertz CT molecular complexity index is 1220. The Balaban J connectivity index is 2.10. The fourth-order valence-corrected chi connectivity index (χ4v) is 7.77. The van der Waals surface area contributed by atoms with Gasteiger partial charge in [0.25, 0.3) is 0 Å². The molecule has 0 saturated carbocycles. The summed E-state index contributed by atoms with van der Waals surface area (Å²) in [5.41, 5.74) is 0.796. The number of aliphatic hydroxyl groups excluding tert-OH is 3. The van der Waals surface area contributed by atoms with Gasteiger partial charge in [-0.25, -0.2) is 9.59 Å². The van der Waals surface area contributed by atoms with Crippen molar-refractivity contribution in [1.82, 2.24) is 20.9 Å². The standard InChI is InChI=1S/C47H84N4O8/c1-5-7-9-11-13-15-17-18-19-21-23-28-32-48-46(56)51(33-29-24-22-20-16-14-12-10-8-6-2)45-41(43(54)42(53)40(35-52)59-45)50-44(55)39(34-37(3)4)49-47(57)58-36-38-30-26-25-27-31-38/h25-27,30-31,37,39-43,45,52-54H,5-24,28-29,32-36H2,1-4H3,(H,48,56)(H,49,57)(H,50,55)/t39-,40+,41+,42+,43+,45+/m0/s1. The molecule has 2 rings (SSSR count). The molecule has 1 aromatic rings. The maximum absolute atomic E-state index is 14.0. The van der Waals surface area contributed by atoms with E-state index in [0.29, 0.717) is 13.0 Å². The summed E-state index contributed by atoms with van der Waals surface area (Å²) in [6, 6.07) is 6.53. The Kier molecular flexibility index (Phi) is 29.0. The second-order valence-corrected chi connectivity index (χ2v) is 17.1. The lowest BCUT2D eigenvalue weighted by Gasteiger charge is -2.47. The number of benzene rings is 1. The Morgan fingerprint density at radius 3 is 1.75 bits per heavy atom. The van der Waals surface area contributed by atoms with Crippen LogP contribution in [0.25, 0.3) is 0 Å². The molecule has 0 aliphatic carbocycles. The Morgan fingerprint density at radius 2 is 1.24 bits per heavy atom. The number of unbranched alkanes of at least 4 members (excludes halogenated alkanes) is 20. The van der Waals surface area contributed by atoms with E-state index in [1.54, 1.807) is 0 Å². The molecule has 0 unspecified atom stereocenters. The summed E-state index contributed by atoms with van der Waals surface area (Å²) < 4.78 is 11.6. The molecule has 1 saturated heterocycles. The van der Waals surface area contributed by atoms with Crippen molar-refractivity contribution in [3.8, 4) is 0 Å². The fourth-order valence-electron chi connectivity index (χ4n) is 7.77. The van der Waals surface area contributed by atoms with Gasteiger partial charge in [-0.15, -0.1) is 0 Å². The molecule has 1 aliphatic heterocycles. The van der Waals surface area contributed by atoms with Crippen LogP contribution >= 0.6 is 0 Å². The van der Waals surface area contributed by atoms with Crippen LogP contribution in [-0.4, -0.2) is 94.6 Å². The van der Waals surface area contributed by atoms with Gasteiger partial charge in [-0.1, -0.05) is 186 Å². The number of nitrogens with one attached hydrogen (secondary N) is 3. The average Bonchev–Trinajstić information content (AvgIpc) is 3.22. The fraction of sp³-hybridized carbons (Fsp3) is 0.809. The molecule has 340 valence electrons. The summed E-state index contributed by atoms with van der Waals surface area (Å²) in [5, 5.41) is 41.1. The SMILES string of the molecule is CCCCCCCCCCCCCCNC(=O)N(CCCCCCCCCCCC)[C@@H]1O[C@H](CO)[C@@H](O)[C@H](O)[C@H]1NC(=O)[C@H](CC(C)C)NC(=O)OCc1ccccc1. The number of nitrogens with zero attached hydrogens (tertiary/aromatic N) is 1. The normalized spacial score (nSPS) is 19.6. The molecule has 0 radical (unpaired) electrons. The molecule has 6 atom stereocenters. The van der Waals surface area contributed by atoms with Crippen LogP contribution in [0, 0.1) is 5.92 Å². The molecule has 0 bridgehead atoms. The summed E-state index contributed by atoms with van der Waals surface area (Å²) in [6.45, 7) is 8.49. The van der Waals surface area contributed by atoms with E-state index >= 15 is 0 Å². The van der Waals surface area contributed by atoms with Crippen LogP contribution in [0.15, 0.2) is 30.3 Å². The Hall–Kier alpha value is -2.93. The van der Waals surface area contributed by atoms with E-state index in [2.05, 4.69) is 29.8 Å². The minimum absolute atomic E-state index is 0.00629. The van der Waals surface area contributed by atoms with Crippen molar-refractivity contribution >= 4 is 18.0 Å². The largest absolute Gasteiger partial charge is 0.445 e. The molecule has 1 fully saturated rings. The molecule has 1 aromatic carbocycles. The second kappa shape index (κ2) is 32.8. The number of carbonyl (C=O) groups is 3.